The van der Waals surface area contributed by atoms with Crippen LogP contribution in [0.4, 0.5) is 13.2 Å². The van der Waals surface area contributed by atoms with Gasteiger partial charge >= 0.3 is 6.36 Å². The number of ether oxygens (including phenoxy) is 1. The first kappa shape index (κ1) is 11.4. The molecule has 0 radical (unpaired) electrons. The van der Waals surface area contributed by atoms with Gasteiger partial charge in [0.15, 0.2) is 0 Å². The molecule has 0 spiro atoms. The fourth-order valence-electron chi connectivity index (χ4n) is 1.04. The highest BCUT2D eigenvalue weighted by atomic mass is 79.9. The summed E-state index contributed by atoms with van der Waals surface area (Å²) in [6, 6.07) is 4.58. The van der Waals surface area contributed by atoms with Crippen molar-refractivity contribution in [2.75, 3.05) is 0 Å². The van der Waals surface area contributed by atoms with Gasteiger partial charge in [-0.1, -0.05) is 28.1 Å². The van der Waals surface area contributed by atoms with E-state index in [1.54, 1.807) is 13.0 Å². The number of benzene rings is 1. The van der Waals surface area contributed by atoms with Crippen LogP contribution >= 0.6 is 15.9 Å². The smallest absolute Gasteiger partial charge is 0.406 e. The molecule has 1 aromatic carbocycles. The van der Waals surface area contributed by atoms with Gasteiger partial charge in [0.25, 0.3) is 0 Å². The van der Waals surface area contributed by atoms with E-state index in [4.69, 9.17) is 0 Å². The number of hydrogen-bond donors (Lipinski definition) is 0. The summed E-state index contributed by atoms with van der Waals surface area (Å²) in [5.74, 6) is -0.144. The van der Waals surface area contributed by atoms with Gasteiger partial charge in [0, 0.05) is 5.33 Å². The lowest BCUT2D eigenvalue weighted by atomic mass is 10.1. The van der Waals surface area contributed by atoms with E-state index >= 15 is 0 Å². The highest BCUT2D eigenvalue weighted by molar-refractivity contribution is 9.08. The first-order valence-electron chi connectivity index (χ1n) is 3.84. The van der Waals surface area contributed by atoms with E-state index in [1.165, 1.54) is 12.1 Å². The van der Waals surface area contributed by atoms with E-state index in [1.807, 2.05) is 0 Å². The molecule has 0 N–H and O–H groups in total. The topological polar surface area (TPSA) is 9.23 Å². The van der Waals surface area contributed by atoms with Crippen LogP contribution in [0.2, 0.25) is 0 Å². The fourth-order valence-corrected chi connectivity index (χ4v) is 1.65. The van der Waals surface area contributed by atoms with Crippen LogP contribution in [-0.2, 0) is 5.33 Å². The van der Waals surface area contributed by atoms with Crippen molar-refractivity contribution in [3.63, 3.8) is 0 Å². The molecule has 1 rings (SSSR count). The second-order valence-electron chi connectivity index (χ2n) is 2.72. The van der Waals surface area contributed by atoms with Gasteiger partial charge in [-0.2, -0.15) is 0 Å². The third-order valence-electron chi connectivity index (χ3n) is 1.77. The molecule has 14 heavy (non-hydrogen) atoms. The molecule has 1 aromatic rings. The summed E-state index contributed by atoms with van der Waals surface area (Å²) in [6.45, 7) is 1.59. The zero-order chi connectivity index (χ0) is 10.8. The third kappa shape index (κ3) is 2.90. The molecule has 0 aliphatic heterocycles. The molecule has 0 saturated heterocycles. The van der Waals surface area contributed by atoms with E-state index in [0.29, 0.717) is 10.9 Å². The Bertz CT molecular complexity index is 322. The SMILES string of the molecule is Cc1c(CBr)cccc1OC(F)(F)F. The number of halogens is 4. The molecular weight excluding hydrogens is 261 g/mol. The van der Waals surface area contributed by atoms with Crippen LogP contribution in [0.1, 0.15) is 11.1 Å². The summed E-state index contributed by atoms with van der Waals surface area (Å²) < 4.78 is 39.6. The van der Waals surface area contributed by atoms with Crippen LogP contribution in [0.15, 0.2) is 18.2 Å². The second-order valence-corrected chi connectivity index (χ2v) is 3.28. The summed E-state index contributed by atoms with van der Waals surface area (Å²) in [6.07, 6.45) is -4.63. The number of hydrogen-bond acceptors (Lipinski definition) is 1. The standard InChI is InChI=1S/C9H8BrF3O/c1-6-7(5-10)3-2-4-8(6)14-9(11,12)13/h2-4H,5H2,1H3. The maximum absolute atomic E-state index is 11.9. The number of rotatable bonds is 2. The molecule has 78 valence electrons. The van der Waals surface area contributed by atoms with Crippen molar-refractivity contribution in [3.8, 4) is 5.75 Å². The summed E-state index contributed by atoms with van der Waals surface area (Å²) >= 11 is 3.19. The van der Waals surface area contributed by atoms with Crippen molar-refractivity contribution >= 4 is 15.9 Å². The van der Waals surface area contributed by atoms with Gasteiger partial charge in [-0.25, -0.2) is 0 Å². The van der Waals surface area contributed by atoms with Crippen LogP contribution < -0.4 is 4.74 Å². The minimum atomic E-state index is -4.63. The fraction of sp³-hybridized carbons (Fsp3) is 0.333. The molecular formula is C9H8BrF3O. The first-order chi connectivity index (χ1) is 6.44. The normalized spacial score (nSPS) is 11.5. The molecule has 0 heterocycles. The van der Waals surface area contributed by atoms with Gasteiger partial charge in [0.05, 0.1) is 0 Å². The van der Waals surface area contributed by atoms with Gasteiger partial charge in [-0.15, -0.1) is 13.2 Å². The Labute approximate surface area is 88.0 Å². The Morgan fingerprint density at radius 1 is 1.36 bits per heavy atom. The third-order valence-corrected chi connectivity index (χ3v) is 2.37. The zero-order valence-electron chi connectivity index (χ0n) is 7.36. The molecule has 0 saturated carbocycles. The molecule has 0 unspecified atom stereocenters. The van der Waals surface area contributed by atoms with E-state index in [-0.39, 0.29) is 5.75 Å². The van der Waals surface area contributed by atoms with Crippen LogP contribution in [0.25, 0.3) is 0 Å². The number of alkyl halides is 4. The van der Waals surface area contributed by atoms with E-state index < -0.39 is 6.36 Å². The Kier molecular flexibility index (Phi) is 3.42. The highest BCUT2D eigenvalue weighted by Gasteiger charge is 2.31. The predicted molar refractivity (Wildman–Crippen MR) is 50.5 cm³/mol. The summed E-state index contributed by atoms with van der Waals surface area (Å²) in [4.78, 5) is 0. The minimum absolute atomic E-state index is 0.144. The van der Waals surface area contributed by atoms with Gasteiger partial charge in [-0.3, -0.25) is 0 Å². The van der Waals surface area contributed by atoms with E-state index in [0.717, 1.165) is 5.56 Å². The van der Waals surface area contributed by atoms with Crippen LogP contribution in [0.3, 0.4) is 0 Å². The van der Waals surface area contributed by atoms with Gasteiger partial charge < -0.3 is 4.74 Å². The second kappa shape index (κ2) is 4.21. The summed E-state index contributed by atoms with van der Waals surface area (Å²) in [5, 5.41) is 0.508. The van der Waals surface area contributed by atoms with Crippen molar-refractivity contribution in [1.29, 1.82) is 0 Å². The largest absolute Gasteiger partial charge is 0.573 e. The van der Waals surface area contributed by atoms with Crippen molar-refractivity contribution < 1.29 is 17.9 Å². The van der Waals surface area contributed by atoms with E-state index in [2.05, 4.69) is 20.7 Å². The van der Waals surface area contributed by atoms with Crippen molar-refractivity contribution in [2.24, 2.45) is 0 Å². The zero-order valence-corrected chi connectivity index (χ0v) is 8.95. The Balaban J connectivity index is 2.98. The van der Waals surface area contributed by atoms with Gasteiger partial charge in [-0.05, 0) is 24.1 Å². The van der Waals surface area contributed by atoms with E-state index in [9.17, 15) is 13.2 Å². The predicted octanol–water partition coefficient (Wildman–Crippen LogP) is 3.79. The minimum Gasteiger partial charge on any atom is -0.406 e. The summed E-state index contributed by atoms with van der Waals surface area (Å²) in [7, 11) is 0. The molecule has 0 aromatic heterocycles. The average molecular weight is 269 g/mol. The monoisotopic (exact) mass is 268 g/mol. The van der Waals surface area contributed by atoms with Crippen molar-refractivity contribution in [2.45, 2.75) is 18.6 Å². The maximum atomic E-state index is 11.9. The quantitative estimate of drug-likeness (QED) is 0.742. The Hall–Kier alpha value is -0.710. The molecule has 0 aliphatic carbocycles. The highest BCUT2D eigenvalue weighted by Crippen LogP contribution is 2.28. The summed E-state index contributed by atoms with van der Waals surface area (Å²) in [5.41, 5.74) is 1.29. The molecule has 0 aliphatic rings. The van der Waals surface area contributed by atoms with Gasteiger partial charge in [0.2, 0.25) is 0 Å². The molecule has 5 heteroatoms. The lowest BCUT2D eigenvalue weighted by molar-refractivity contribution is -0.274. The Morgan fingerprint density at radius 2 is 2.00 bits per heavy atom. The lowest BCUT2D eigenvalue weighted by Gasteiger charge is -2.12. The van der Waals surface area contributed by atoms with Crippen molar-refractivity contribution in [1.82, 2.24) is 0 Å². The van der Waals surface area contributed by atoms with Crippen molar-refractivity contribution in [3.05, 3.63) is 29.3 Å². The van der Waals surface area contributed by atoms with Gasteiger partial charge in [0.1, 0.15) is 5.75 Å². The average Bonchev–Trinajstić information content (AvgIpc) is 2.06. The first-order valence-corrected chi connectivity index (χ1v) is 4.96. The maximum Gasteiger partial charge on any atom is 0.573 e. The molecule has 1 nitrogen and oxygen atoms in total. The molecule has 0 atom stereocenters. The molecule has 0 fully saturated rings. The Morgan fingerprint density at radius 3 is 2.50 bits per heavy atom. The van der Waals surface area contributed by atoms with Crippen LogP contribution in [0.5, 0.6) is 5.75 Å². The molecule has 0 amide bonds. The lowest BCUT2D eigenvalue weighted by Crippen LogP contribution is -2.18. The molecule has 0 bridgehead atoms. The van der Waals surface area contributed by atoms with Crippen LogP contribution in [-0.4, -0.2) is 6.36 Å². The van der Waals surface area contributed by atoms with Crippen LogP contribution in [0, 0.1) is 6.92 Å².